The average molecular weight is 995 g/mol. The van der Waals surface area contributed by atoms with E-state index in [0.29, 0.717) is 70.0 Å². The van der Waals surface area contributed by atoms with Crippen LogP contribution in [0.15, 0.2) is 60.1 Å². The number of rotatable bonds is 21. The van der Waals surface area contributed by atoms with Gasteiger partial charge in [-0.1, -0.05) is 75.7 Å². The number of aryl methyl sites for hydroxylation is 4. The number of hydrogen-bond donors (Lipinski definition) is 6. The summed E-state index contributed by atoms with van der Waals surface area (Å²) in [5, 5.41) is 20.1. The summed E-state index contributed by atoms with van der Waals surface area (Å²) >= 11 is 1.59. The quantitative estimate of drug-likeness (QED) is 0.0545. The van der Waals surface area contributed by atoms with E-state index >= 15 is 4.39 Å². The highest BCUT2D eigenvalue weighted by molar-refractivity contribution is 7.13. The van der Waals surface area contributed by atoms with E-state index in [9.17, 15) is 29.1 Å². The number of ether oxygens (including phenoxy) is 1. The summed E-state index contributed by atoms with van der Waals surface area (Å²) < 4.78 is 22.1. The number of benzene rings is 3. The van der Waals surface area contributed by atoms with Crippen molar-refractivity contribution in [3.8, 4) is 16.2 Å². The van der Waals surface area contributed by atoms with Crippen LogP contribution in [0.4, 0.5) is 10.1 Å². The summed E-state index contributed by atoms with van der Waals surface area (Å²) in [6, 6.07) is 13.9. The summed E-state index contributed by atoms with van der Waals surface area (Å²) in [6.45, 7) is 12.5. The Hall–Kier alpha value is -5.75. The second-order valence-corrected chi connectivity index (χ2v) is 21.6. The van der Waals surface area contributed by atoms with Crippen molar-refractivity contribution in [1.82, 2.24) is 25.8 Å². The summed E-state index contributed by atoms with van der Waals surface area (Å²) in [4.78, 5) is 75.3. The Kier molecular flexibility index (Phi) is 17.3. The number of carbonyl (C=O) groups is 5. The van der Waals surface area contributed by atoms with E-state index in [1.54, 1.807) is 23.5 Å². The maximum Gasteiger partial charge on any atom is 0.244 e. The number of aliphatic hydroxyl groups is 1. The van der Waals surface area contributed by atoms with Crippen molar-refractivity contribution in [2.75, 3.05) is 24.6 Å². The molecule has 0 bridgehead atoms. The van der Waals surface area contributed by atoms with Crippen LogP contribution in [-0.2, 0) is 43.2 Å². The molecule has 382 valence electrons. The minimum atomic E-state index is -0.838. The number of hydrogen-bond acceptors (Lipinski definition) is 11. The third-order valence-corrected chi connectivity index (χ3v) is 15.1. The summed E-state index contributed by atoms with van der Waals surface area (Å²) in [5.74, 6) is -2.08. The lowest BCUT2D eigenvalue weighted by atomic mass is 9.86. The number of anilines is 1. The minimum Gasteiger partial charge on any atom is -0.488 e. The van der Waals surface area contributed by atoms with E-state index in [2.05, 4.69) is 20.9 Å². The summed E-state index contributed by atoms with van der Waals surface area (Å²) in [5.41, 5.74) is 20.1. The van der Waals surface area contributed by atoms with Gasteiger partial charge in [-0.3, -0.25) is 33.8 Å². The highest BCUT2D eigenvalue weighted by atomic mass is 32.1. The number of para-hydroxylation sites is 1. The highest BCUT2D eigenvalue weighted by Gasteiger charge is 2.44. The smallest absolute Gasteiger partial charge is 0.244 e. The molecule has 7 rings (SSSR count). The van der Waals surface area contributed by atoms with Gasteiger partial charge < -0.3 is 37.3 Å². The number of aromatic nitrogens is 1. The molecule has 3 aromatic carbocycles. The zero-order valence-electron chi connectivity index (χ0n) is 41.9. The standard InChI is InChI=1S/C54H71FN8O7S/c1-31-23-37(48(55)44(24-31)70-29-39(20-22-46(57)65)60-52(68)43-25-38-13-10-12-35-19-21-41(56)53(69)63(43)49(35)38)11-8-7-9-14-47(66)61-45(54(4,5)6)28-62-27-40(64)26-42(62)51(67)59-32(2)34-15-17-36(18-16-34)50-33(3)58-30-71-50/h10,12-13,15-18,23-24,30,32,39-43,45,64H,7-9,11,14,19-22,25-29,56H2,1-6H3,(H2,57,65)(H,59,67)(H,60,68)(H,61,66)/t32-,39-,40+,41-,42-,43-,45+/m0/s1. The first kappa shape index (κ1) is 53.1. The third-order valence-electron chi connectivity index (χ3n) is 14.1. The van der Waals surface area contributed by atoms with Crippen LogP contribution >= 0.6 is 11.3 Å². The van der Waals surface area contributed by atoms with Crippen molar-refractivity contribution in [3.63, 3.8) is 0 Å². The number of unbranched alkanes of at least 4 members (excludes halogenated alkanes) is 2. The number of β-amino-alcohol motifs (C(OH)–C–C–N with tert-alkyl or cyclic N) is 1. The Morgan fingerprint density at radius 3 is 2.41 bits per heavy atom. The Morgan fingerprint density at radius 2 is 1.70 bits per heavy atom. The van der Waals surface area contributed by atoms with E-state index in [0.717, 1.165) is 44.1 Å². The molecule has 8 N–H and O–H groups in total. The van der Waals surface area contributed by atoms with E-state index < -0.39 is 47.9 Å². The lowest BCUT2D eigenvalue weighted by molar-refractivity contribution is -0.127. The number of likely N-dealkylation sites (tertiary alicyclic amines) is 1. The number of nitrogens with one attached hydrogen (secondary N) is 3. The topological polar surface area (TPSA) is 222 Å². The van der Waals surface area contributed by atoms with Gasteiger partial charge in [0.2, 0.25) is 29.5 Å². The molecule has 17 heteroatoms. The maximum absolute atomic E-state index is 16.1. The molecule has 15 nitrogen and oxygen atoms in total. The Labute approximate surface area is 420 Å². The van der Waals surface area contributed by atoms with Crippen molar-refractivity contribution in [2.24, 2.45) is 16.9 Å². The number of carbonyl (C=O) groups excluding carboxylic acids is 5. The van der Waals surface area contributed by atoms with Gasteiger partial charge in [0.25, 0.3) is 0 Å². The Bertz CT molecular complexity index is 2560. The van der Waals surface area contributed by atoms with Crippen LogP contribution in [0.1, 0.15) is 119 Å². The molecule has 71 heavy (non-hydrogen) atoms. The molecule has 1 aromatic heterocycles. The van der Waals surface area contributed by atoms with Crippen LogP contribution in [0.25, 0.3) is 10.4 Å². The Morgan fingerprint density at radius 1 is 0.972 bits per heavy atom. The Balaban J connectivity index is 0.887. The molecule has 7 atom stereocenters. The zero-order valence-corrected chi connectivity index (χ0v) is 42.7. The molecule has 4 aromatic rings. The van der Waals surface area contributed by atoms with Crippen molar-refractivity contribution in [3.05, 3.63) is 99.4 Å². The zero-order chi connectivity index (χ0) is 51.1. The van der Waals surface area contributed by atoms with Gasteiger partial charge in [-0.15, -0.1) is 11.3 Å². The van der Waals surface area contributed by atoms with Gasteiger partial charge in [-0.2, -0.15) is 0 Å². The molecule has 0 radical (unpaired) electrons. The first-order valence-corrected chi connectivity index (χ1v) is 25.9. The normalized spacial score (nSPS) is 20.2. The molecule has 3 aliphatic heterocycles. The fraction of sp³-hybridized carbons (Fsp3) is 0.519. The molecule has 4 heterocycles. The summed E-state index contributed by atoms with van der Waals surface area (Å²) in [7, 11) is 0. The second-order valence-electron chi connectivity index (χ2n) is 20.8. The SMILES string of the molecule is Cc1cc(CCCCCC(=O)N[C@H](CN2C[C@H](O)C[C@H]2C(=O)N[C@@H](C)c2ccc(-c3scnc3C)cc2)C(C)(C)C)c(F)c(OC[C@H](CCC(N)=O)NC(=O)[C@@H]2Cc3cccc4c3N2C(=O)[C@@H](N)CC4)c1. The lowest BCUT2D eigenvalue weighted by Gasteiger charge is -2.36. The van der Waals surface area contributed by atoms with Gasteiger partial charge in [-0.25, -0.2) is 9.37 Å². The fourth-order valence-electron chi connectivity index (χ4n) is 10.0. The van der Waals surface area contributed by atoms with Crippen LogP contribution in [0.2, 0.25) is 0 Å². The van der Waals surface area contributed by atoms with Gasteiger partial charge in [0, 0.05) is 38.4 Å². The molecule has 1 fully saturated rings. The van der Waals surface area contributed by atoms with Crippen LogP contribution in [0, 0.1) is 25.1 Å². The number of amides is 5. The number of aliphatic hydroxyl groups excluding tert-OH is 1. The first-order chi connectivity index (χ1) is 33.8. The molecular weight excluding hydrogens is 924 g/mol. The number of nitrogens with zero attached hydrogens (tertiary/aromatic N) is 3. The number of primary amides is 1. The van der Waals surface area contributed by atoms with Crippen LogP contribution in [0.3, 0.4) is 0 Å². The number of thiazole rings is 1. The molecule has 3 aliphatic rings. The average Bonchev–Trinajstić information content (AvgIpc) is 4.03. The fourth-order valence-corrected chi connectivity index (χ4v) is 10.8. The highest BCUT2D eigenvalue weighted by Crippen LogP contribution is 2.39. The van der Waals surface area contributed by atoms with E-state index in [1.165, 1.54) is 4.90 Å². The van der Waals surface area contributed by atoms with Crippen LogP contribution < -0.4 is 37.1 Å². The van der Waals surface area contributed by atoms with E-state index in [1.807, 2.05) is 94.4 Å². The van der Waals surface area contributed by atoms with Gasteiger partial charge in [0.1, 0.15) is 12.6 Å². The molecule has 5 amide bonds. The largest absolute Gasteiger partial charge is 0.488 e. The molecule has 0 spiro atoms. The number of halogens is 1. The monoisotopic (exact) mass is 995 g/mol. The maximum atomic E-state index is 16.1. The molecule has 0 unspecified atom stereocenters. The minimum absolute atomic E-state index is 0.0187. The van der Waals surface area contributed by atoms with Crippen molar-refractivity contribution >= 4 is 46.6 Å². The van der Waals surface area contributed by atoms with E-state index in [-0.39, 0.29) is 66.8 Å². The lowest BCUT2D eigenvalue weighted by Crippen LogP contribution is -2.54. The van der Waals surface area contributed by atoms with Gasteiger partial charge in [-0.05, 0) is 111 Å². The molecular formula is C54H71FN8O7S. The second kappa shape index (κ2) is 23.2. The van der Waals surface area contributed by atoms with Gasteiger partial charge >= 0.3 is 0 Å². The summed E-state index contributed by atoms with van der Waals surface area (Å²) in [6.07, 6.45) is 3.70. The van der Waals surface area contributed by atoms with Crippen molar-refractivity contribution in [2.45, 2.75) is 155 Å². The first-order valence-electron chi connectivity index (χ1n) is 25.0. The van der Waals surface area contributed by atoms with Gasteiger partial charge in [0.05, 0.1) is 52.0 Å². The van der Waals surface area contributed by atoms with Crippen molar-refractivity contribution in [1.29, 1.82) is 0 Å². The van der Waals surface area contributed by atoms with Crippen molar-refractivity contribution < 1.29 is 38.2 Å². The predicted octanol–water partition coefficient (Wildman–Crippen LogP) is 5.87. The van der Waals surface area contributed by atoms with E-state index in [4.69, 9.17) is 16.2 Å². The third kappa shape index (κ3) is 13.2. The van der Waals surface area contributed by atoms with Crippen LogP contribution in [0.5, 0.6) is 5.75 Å². The van der Waals surface area contributed by atoms with Gasteiger partial charge in [0.15, 0.2) is 11.6 Å². The number of nitrogens with two attached hydrogens (primary N) is 2. The molecule has 0 aliphatic carbocycles. The van der Waals surface area contributed by atoms with Crippen LogP contribution in [-0.4, -0.2) is 101 Å². The molecule has 1 saturated heterocycles. The molecule has 0 saturated carbocycles. The predicted molar refractivity (Wildman–Crippen MR) is 273 cm³/mol.